The van der Waals surface area contributed by atoms with E-state index in [1.54, 1.807) is 0 Å². The average molecular weight is 161 g/mol. The lowest BCUT2D eigenvalue weighted by Gasteiger charge is -1.87. The van der Waals surface area contributed by atoms with Crippen LogP contribution in [0.25, 0.3) is 11.0 Å². The van der Waals surface area contributed by atoms with Gasteiger partial charge in [0.2, 0.25) is 0 Å². The molecule has 1 aromatic carbocycles. The van der Waals surface area contributed by atoms with Gasteiger partial charge in [0, 0.05) is 11.5 Å². The van der Waals surface area contributed by atoms with Crippen LogP contribution in [-0.2, 0) is 0 Å². The third-order valence-electron chi connectivity index (χ3n) is 1.50. The second kappa shape index (κ2) is 2.43. The third-order valence-corrected chi connectivity index (χ3v) is 1.70. The lowest BCUT2D eigenvalue weighted by molar-refractivity contribution is 0.430. The molecule has 0 saturated carbocycles. The van der Waals surface area contributed by atoms with Crippen LogP contribution in [-0.4, -0.2) is 10.5 Å². The number of para-hydroxylation sites is 1. The largest absolute Gasteiger partial charge is 0.516 e. The summed E-state index contributed by atoms with van der Waals surface area (Å²) < 4.78 is 9.98. The number of fused-ring (bicyclic) bond motifs is 1. The lowest BCUT2D eigenvalue weighted by Crippen LogP contribution is -1.78. The second-order valence-corrected chi connectivity index (χ2v) is 2.41. The Bertz CT molecular complexity index is 334. The number of hydrogen-bond donors (Lipinski definition) is 0. The second-order valence-electron chi connectivity index (χ2n) is 2.21. The Labute approximate surface area is 67.3 Å². The Balaban J connectivity index is 2.69. The highest BCUT2D eigenvalue weighted by atomic mass is 28.2. The SMILES string of the molecule is [Si]Oc1cc2ccccc2o1. The monoisotopic (exact) mass is 161 g/mol. The number of rotatable bonds is 1. The first-order chi connectivity index (χ1) is 5.40. The molecule has 0 spiro atoms. The summed E-state index contributed by atoms with van der Waals surface area (Å²) in [6.07, 6.45) is 0. The van der Waals surface area contributed by atoms with Gasteiger partial charge in [-0.15, -0.1) is 0 Å². The molecule has 2 aromatic rings. The molecule has 0 aliphatic rings. The number of hydrogen-bond acceptors (Lipinski definition) is 2. The highest BCUT2D eigenvalue weighted by Gasteiger charge is 1.99. The fourth-order valence-corrected chi connectivity index (χ4v) is 1.11. The molecule has 53 valence electrons. The van der Waals surface area contributed by atoms with Crippen molar-refractivity contribution in [1.82, 2.24) is 0 Å². The molecule has 2 rings (SSSR count). The van der Waals surface area contributed by atoms with Crippen molar-refractivity contribution in [3.63, 3.8) is 0 Å². The Morgan fingerprint density at radius 2 is 2.09 bits per heavy atom. The molecule has 0 N–H and O–H groups in total. The Kier molecular flexibility index (Phi) is 1.43. The minimum absolute atomic E-state index is 0.475. The summed E-state index contributed by atoms with van der Waals surface area (Å²) in [6.45, 7) is 0. The molecule has 11 heavy (non-hydrogen) atoms. The van der Waals surface area contributed by atoms with E-state index in [-0.39, 0.29) is 0 Å². The highest BCUT2D eigenvalue weighted by molar-refractivity contribution is 6.00. The van der Waals surface area contributed by atoms with Crippen LogP contribution in [0.5, 0.6) is 5.95 Å². The van der Waals surface area contributed by atoms with Crippen LogP contribution in [0.1, 0.15) is 0 Å². The summed E-state index contributed by atoms with van der Waals surface area (Å²) in [4.78, 5) is 0. The predicted octanol–water partition coefficient (Wildman–Crippen LogP) is 1.90. The van der Waals surface area contributed by atoms with Gasteiger partial charge in [-0.05, 0) is 6.07 Å². The van der Waals surface area contributed by atoms with Gasteiger partial charge in [0.25, 0.3) is 5.95 Å². The maximum Gasteiger partial charge on any atom is 0.345 e. The molecule has 3 heteroatoms. The van der Waals surface area contributed by atoms with E-state index in [4.69, 9.17) is 8.84 Å². The van der Waals surface area contributed by atoms with Gasteiger partial charge in [0.1, 0.15) is 5.58 Å². The summed E-state index contributed by atoms with van der Waals surface area (Å²) in [7, 11) is 2.89. The fraction of sp³-hybridized carbons (Fsp3) is 0. The van der Waals surface area contributed by atoms with Gasteiger partial charge < -0.3 is 8.84 Å². The fourth-order valence-electron chi connectivity index (χ4n) is 1.01. The maximum absolute atomic E-state index is 5.25. The standard InChI is InChI=1S/C8H5O2Si/c11-10-8-5-6-3-1-2-4-7(6)9-8/h1-5H. The van der Waals surface area contributed by atoms with E-state index in [0.29, 0.717) is 5.95 Å². The van der Waals surface area contributed by atoms with Crippen LogP contribution in [0.2, 0.25) is 0 Å². The van der Waals surface area contributed by atoms with Crippen molar-refractivity contribution >= 4 is 21.5 Å². The topological polar surface area (TPSA) is 22.4 Å². The van der Waals surface area contributed by atoms with Gasteiger partial charge in [0.05, 0.1) is 0 Å². The molecule has 0 amide bonds. The van der Waals surface area contributed by atoms with Crippen LogP contribution < -0.4 is 4.43 Å². The first kappa shape index (κ1) is 6.48. The molecule has 0 saturated heterocycles. The Hall–Kier alpha value is -1.22. The van der Waals surface area contributed by atoms with Crippen molar-refractivity contribution in [2.45, 2.75) is 0 Å². The van der Waals surface area contributed by atoms with Crippen molar-refractivity contribution in [2.24, 2.45) is 0 Å². The zero-order valence-corrected chi connectivity index (χ0v) is 6.70. The minimum atomic E-state index is 0.475. The van der Waals surface area contributed by atoms with Gasteiger partial charge >= 0.3 is 10.5 Å². The van der Waals surface area contributed by atoms with Gasteiger partial charge in [0.15, 0.2) is 0 Å². The van der Waals surface area contributed by atoms with Crippen molar-refractivity contribution in [2.75, 3.05) is 0 Å². The molecule has 2 nitrogen and oxygen atoms in total. The van der Waals surface area contributed by atoms with Crippen molar-refractivity contribution in [1.29, 1.82) is 0 Å². The normalized spacial score (nSPS) is 10.3. The number of benzene rings is 1. The minimum Gasteiger partial charge on any atom is -0.516 e. The molecule has 1 aromatic heterocycles. The zero-order chi connectivity index (χ0) is 7.68. The molecule has 0 aliphatic carbocycles. The molecule has 0 fully saturated rings. The van der Waals surface area contributed by atoms with Crippen LogP contribution in [0.4, 0.5) is 0 Å². The number of furan rings is 1. The molecule has 0 atom stereocenters. The third kappa shape index (κ3) is 1.03. The van der Waals surface area contributed by atoms with E-state index in [1.807, 2.05) is 30.3 Å². The predicted molar refractivity (Wildman–Crippen MR) is 42.6 cm³/mol. The molecular formula is C8H5O2Si. The van der Waals surface area contributed by atoms with Crippen molar-refractivity contribution in [3.8, 4) is 5.95 Å². The zero-order valence-electron chi connectivity index (χ0n) is 5.70. The summed E-state index contributed by atoms with van der Waals surface area (Å²) in [5, 5.41) is 1.04. The van der Waals surface area contributed by atoms with Gasteiger partial charge in [-0.3, -0.25) is 0 Å². The van der Waals surface area contributed by atoms with E-state index >= 15 is 0 Å². The van der Waals surface area contributed by atoms with Crippen LogP contribution >= 0.6 is 0 Å². The van der Waals surface area contributed by atoms with Gasteiger partial charge in [-0.1, -0.05) is 18.2 Å². The first-order valence-electron chi connectivity index (χ1n) is 3.22. The smallest absolute Gasteiger partial charge is 0.345 e. The lowest BCUT2D eigenvalue weighted by atomic mass is 10.3. The average Bonchev–Trinajstić information content (AvgIpc) is 2.46. The van der Waals surface area contributed by atoms with Crippen LogP contribution in [0.15, 0.2) is 34.7 Å². The quantitative estimate of drug-likeness (QED) is 0.596. The molecular weight excluding hydrogens is 156 g/mol. The molecule has 3 radical (unpaired) electrons. The van der Waals surface area contributed by atoms with E-state index in [0.717, 1.165) is 11.0 Å². The summed E-state index contributed by atoms with van der Waals surface area (Å²) in [5.41, 5.74) is 0.834. The van der Waals surface area contributed by atoms with E-state index < -0.39 is 0 Å². The molecule has 0 unspecified atom stereocenters. The molecule has 1 heterocycles. The highest BCUT2D eigenvalue weighted by Crippen LogP contribution is 2.23. The van der Waals surface area contributed by atoms with Crippen LogP contribution in [0, 0.1) is 0 Å². The van der Waals surface area contributed by atoms with E-state index in [9.17, 15) is 0 Å². The van der Waals surface area contributed by atoms with Gasteiger partial charge in [-0.25, -0.2) is 0 Å². The van der Waals surface area contributed by atoms with Crippen LogP contribution in [0.3, 0.4) is 0 Å². The summed E-state index contributed by atoms with van der Waals surface area (Å²) >= 11 is 0. The van der Waals surface area contributed by atoms with Crippen molar-refractivity contribution in [3.05, 3.63) is 30.3 Å². The first-order valence-corrected chi connectivity index (χ1v) is 3.63. The van der Waals surface area contributed by atoms with Gasteiger partial charge in [-0.2, -0.15) is 0 Å². The summed E-state index contributed by atoms with van der Waals surface area (Å²) in [5.74, 6) is 0.475. The molecule has 0 aliphatic heterocycles. The summed E-state index contributed by atoms with van der Waals surface area (Å²) in [6, 6.07) is 9.55. The molecule has 0 bridgehead atoms. The van der Waals surface area contributed by atoms with E-state index in [1.165, 1.54) is 0 Å². The van der Waals surface area contributed by atoms with E-state index in [2.05, 4.69) is 10.5 Å². The maximum atomic E-state index is 5.25. The Morgan fingerprint density at radius 3 is 2.82 bits per heavy atom. The Morgan fingerprint density at radius 1 is 1.27 bits per heavy atom. The van der Waals surface area contributed by atoms with Crippen molar-refractivity contribution < 1.29 is 8.84 Å².